The lowest BCUT2D eigenvalue weighted by molar-refractivity contribution is 0.580. The van der Waals surface area contributed by atoms with E-state index in [0.717, 1.165) is 17.7 Å². The van der Waals surface area contributed by atoms with Crippen LogP contribution in [0.3, 0.4) is 0 Å². The second-order valence-corrected chi connectivity index (χ2v) is 8.56. The van der Waals surface area contributed by atoms with Crippen LogP contribution < -0.4 is 9.86 Å². The van der Waals surface area contributed by atoms with E-state index in [-0.39, 0.29) is 16.3 Å². The van der Waals surface area contributed by atoms with Gasteiger partial charge in [0.2, 0.25) is 20.0 Å². The van der Waals surface area contributed by atoms with Gasteiger partial charge < -0.3 is 0 Å². The van der Waals surface area contributed by atoms with Gasteiger partial charge in [0.05, 0.1) is 9.79 Å². The first-order chi connectivity index (χ1) is 10.7. The first-order valence-electron chi connectivity index (χ1n) is 6.55. The van der Waals surface area contributed by atoms with Crippen molar-refractivity contribution in [2.75, 3.05) is 6.54 Å². The third-order valence-corrected chi connectivity index (χ3v) is 5.74. The summed E-state index contributed by atoms with van der Waals surface area (Å²) in [4.78, 5) is -0.168. The van der Waals surface area contributed by atoms with Gasteiger partial charge in [0.1, 0.15) is 0 Å². The van der Waals surface area contributed by atoms with Crippen LogP contribution in [-0.2, 0) is 26.5 Å². The van der Waals surface area contributed by atoms with Gasteiger partial charge in [-0.05, 0) is 48.4 Å². The number of halogens is 1. The molecule has 0 spiro atoms. The first-order valence-corrected chi connectivity index (χ1v) is 9.96. The lowest BCUT2D eigenvalue weighted by Gasteiger charge is -2.07. The van der Waals surface area contributed by atoms with E-state index in [0.29, 0.717) is 11.4 Å². The van der Waals surface area contributed by atoms with Gasteiger partial charge in [-0.1, -0.05) is 23.7 Å². The van der Waals surface area contributed by atoms with E-state index in [1.807, 2.05) is 12.1 Å². The van der Waals surface area contributed by atoms with E-state index >= 15 is 0 Å². The predicted octanol–water partition coefficient (Wildman–Crippen LogP) is 1.51. The SMILES string of the molecule is NS(=O)(=O)c1ccc(S(=O)(=O)NCCc2ccc(Cl)cc2)cc1. The Bertz CT molecular complexity index is 877. The number of benzene rings is 2. The summed E-state index contributed by atoms with van der Waals surface area (Å²) in [6, 6.07) is 11.8. The summed E-state index contributed by atoms with van der Waals surface area (Å²) < 4.78 is 49.0. The molecular weight excluding hydrogens is 360 g/mol. The number of rotatable bonds is 6. The van der Waals surface area contributed by atoms with Gasteiger partial charge in [0, 0.05) is 11.6 Å². The van der Waals surface area contributed by atoms with Crippen LogP contribution in [0.1, 0.15) is 5.56 Å². The average Bonchev–Trinajstić information content (AvgIpc) is 2.48. The molecule has 3 N–H and O–H groups in total. The van der Waals surface area contributed by atoms with E-state index < -0.39 is 20.0 Å². The first kappa shape index (κ1) is 17.9. The van der Waals surface area contributed by atoms with Crippen molar-refractivity contribution in [1.82, 2.24) is 4.72 Å². The predicted molar refractivity (Wildman–Crippen MR) is 88.2 cm³/mol. The van der Waals surface area contributed by atoms with Gasteiger partial charge in [0.25, 0.3) is 0 Å². The average molecular weight is 375 g/mol. The number of hydrogen-bond acceptors (Lipinski definition) is 4. The smallest absolute Gasteiger partial charge is 0.225 e. The monoisotopic (exact) mass is 374 g/mol. The van der Waals surface area contributed by atoms with Crippen molar-refractivity contribution in [2.24, 2.45) is 5.14 Å². The molecule has 0 amide bonds. The lowest BCUT2D eigenvalue weighted by Crippen LogP contribution is -2.26. The fourth-order valence-electron chi connectivity index (χ4n) is 1.87. The van der Waals surface area contributed by atoms with E-state index in [1.54, 1.807) is 12.1 Å². The molecule has 0 aromatic heterocycles. The van der Waals surface area contributed by atoms with Crippen LogP contribution in [-0.4, -0.2) is 23.4 Å². The van der Waals surface area contributed by atoms with Crippen LogP contribution in [0.4, 0.5) is 0 Å². The number of nitrogens with one attached hydrogen (secondary N) is 1. The topological polar surface area (TPSA) is 106 Å². The van der Waals surface area contributed by atoms with Crippen LogP contribution in [0.5, 0.6) is 0 Å². The molecule has 0 saturated carbocycles. The Morgan fingerprint density at radius 1 is 0.870 bits per heavy atom. The molecule has 23 heavy (non-hydrogen) atoms. The minimum absolute atomic E-state index is 0.0268. The second kappa shape index (κ2) is 6.98. The highest BCUT2D eigenvalue weighted by Gasteiger charge is 2.15. The Kier molecular flexibility index (Phi) is 5.43. The molecule has 124 valence electrons. The molecule has 6 nitrogen and oxygen atoms in total. The third kappa shape index (κ3) is 5.02. The zero-order chi connectivity index (χ0) is 17.1. The zero-order valence-electron chi connectivity index (χ0n) is 11.9. The van der Waals surface area contributed by atoms with Gasteiger partial charge in [0.15, 0.2) is 0 Å². The maximum absolute atomic E-state index is 12.1. The molecule has 0 aliphatic carbocycles. The van der Waals surface area contributed by atoms with E-state index in [2.05, 4.69) is 4.72 Å². The van der Waals surface area contributed by atoms with Gasteiger partial charge in [-0.25, -0.2) is 26.7 Å². The number of sulfonamides is 2. The largest absolute Gasteiger partial charge is 0.240 e. The molecule has 0 atom stereocenters. The highest BCUT2D eigenvalue weighted by atomic mass is 35.5. The Labute approximate surface area is 140 Å². The van der Waals surface area contributed by atoms with E-state index in [1.165, 1.54) is 12.1 Å². The maximum atomic E-state index is 12.1. The number of primary sulfonamides is 1. The van der Waals surface area contributed by atoms with Crippen LogP contribution in [0.25, 0.3) is 0 Å². The van der Waals surface area contributed by atoms with Crippen molar-refractivity contribution >= 4 is 31.6 Å². The van der Waals surface area contributed by atoms with E-state index in [4.69, 9.17) is 16.7 Å². The lowest BCUT2D eigenvalue weighted by atomic mass is 10.2. The molecule has 0 radical (unpaired) electrons. The molecule has 0 aliphatic heterocycles. The Morgan fingerprint density at radius 2 is 1.39 bits per heavy atom. The summed E-state index contributed by atoms with van der Waals surface area (Å²) in [6.45, 7) is 0.209. The summed E-state index contributed by atoms with van der Waals surface area (Å²) in [5, 5.41) is 5.58. The van der Waals surface area contributed by atoms with Crippen molar-refractivity contribution < 1.29 is 16.8 Å². The van der Waals surface area contributed by atoms with Crippen LogP contribution in [0.2, 0.25) is 5.02 Å². The molecule has 0 bridgehead atoms. The molecule has 2 rings (SSSR count). The van der Waals surface area contributed by atoms with Crippen LogP contribution in [0.15, 0.2) is 58.3 Å². The molecule has 2 aromatic rings. The second-order valence-electron chi connectivity index (χ2n) is 4.79. The highest BCUT2D eigenvalue weighted by molar-refractivity contribution is 7.89. The van der Waals surface area contributed by atoms with Crippen LogP contribution in [0, 0.1) is 0 Å². The summed E-state index contributed by atoms with van der Waals surface area (Å²) in [7, 11) is -7.56. The fraction of sp³-hybridized carbons (Fsp3) is 0.143. The summed E-state index contributed by atoms with van der Waals surface area (Å²) >= 11 is 5.78. The fourth-order valence-corrected chi connectivity index (χ4v) is 3.55. The maximum Gasteiger partial charge on any atom is 0.240 e. The molecule has 9 heteroatoms. The number of hydrogen-bond donors (Lipinski definition) is 2. The van der Waals surface area contributed by atoms with Crippen molar-refractivity contribution in [1.29, 1.82) is 0 Å². The van der Waals surface area contributed by atoms with E-state index in [9.17, 15) is 16.8 Å². The Hall–Kier alpha value is -1.45. The normalized spacial score (nSPS) is 12.3. The van der Waals surface area contributed by atoms with Gasteiger partial charge in [-0.3, -0.25) is 0 Å². The zero-order valence-corrected chi connectivity index (χ0v) is 14.3. The highest BCUT2D eigenvalue weighted by Crippen LogP contribution is 2.14. The molecule has 0 fully saturated rings. The summed E-state index contributed by atoms with van der Waals surface area (Å²) in [6.07, 6.45) is 0.506. The quantitative estimate of drug-likeness (QED) is 0.799. The molecule has 2 aromatic carbocycles. The Balaban J connectivity index is 2.02. The third-order valence-electron chi connectivity index (χ3n) is 3.08. The molecule has 0 aliphatic rings. The van der Waals surface area contributed by atoms with Crippen molar-refractivity contribution in [2.45, 2.75) is 16.2 Å². The summed E-state index contributed by atoms with van der Waals surface area (Å²) in [5.74, 6) is 0. The Morgan fingerprint density at radius 3 is 1.91 bits per heavy atom. The molecule has 0 saturated heterocycles. The van der Waals surface area contributed by atoms with Crippen molar-refractivity contribution in [3.8, 4) is 0 Å². The van der Waals surface area contributed by atoms with Crippen LogP contribution >= 0.6 is 11.6 Å². The van der Waals surface area contributed by atoms with Crippen molar-refractivity contribution in [3.05, 3.63) is 59.1 Å². The molecule has 0 unspecified atom stereocenters. The molecular formula is C14H15ClN2O4S2. The molecule has 0 heterocycles. The van der Waals surface area contributed by atoms with Gasteiger partial charge >= 0.3 is 0 Å². The van der Waals surface area contributed by atoms with Gasteiger partial charge in [-0.15, -0.1) is 0 Å². The minimum atomic E-state index is -3.85. The minimum Gasteiger partial charge on any atom is -0.225 e. The van der Waals surface area contributed by atoms with Crippen molar-refractivity contribution in [3.63, 3.8) is 0 Å². The summed E-state index contributed by atoms with van der Waals surface area (Å²) in [5.41, 5.74) is 0.946. The number of nitrogens with two attached hydrogens (primary N) is 1. The standard InChI is InChI=1S/C14H15ClN2O4S2/c15-12-3-1-11(2-4-12)9-10-17-23(20,21)14-7-5-13(6-8-14)22(16,18)19/h1-8,17H,9-10H2,(H2,16,18,19). The van der Waals surface area contributed by atoms with Gasteiger partial charge in [-0.2, -0.15) is 0 Å².